The van der Waals surface area contributed by atoms with Crippen LogP contribution in [0, 0.1) is 20.8 Å². The van der Waals surface area contributed by atoms with Crippen LogP contribution in [0.1, 0.15) is 48.1 Å². The van der Waals surface area contributed by atoms with Gasteiger partial charge in [0, 0.05) is 28.2 Å². The highest BCUT2D eigenvalue weighted by Crippen LogP contribution is 2.25. The summed E-state index contributed by atoms with van der Waals surface area (Å²) in [6.45, 7) is 12.9. The molecule has 1 aromatic heterocycles. The lowest BCUT2D eigenvalue weighted by Crippen LogP contribution is -2.24. The van der Waals surface area contributed by atoms with Crippen LogP contribution < -0.4 is 5.32 Å². The third-order valence-electron chi connectivity index (χ3n) is 3.99. The van der Waals surface area contributed by atoms with Crippen molar-refractivity contribution in [3.05, 3.63) is 52.8 Å². The van der Waals surface area contributed by atoms with E-state index in [0.29, 0.717) is 6.54 Å². The van der Waals surface area contributed by atoms with Crippen molar-refractivity contribution >= 4 is 11.5 Å². The van der Waals surface area contributed by atoms with Crippen molar-refractivity contribution in [3.63, 3.8) is 0 Å². The van der Waals surface area contributed by atoms with Crippen molar-refractivity contribution in [1.29, 1.82) is 0 Å². The molecule has 0 bridgehead atoms. The Labute approximate surface area is 133 Å². The Bertz CT molecular complexity index is 690. The molecule has 1 N–H and O–H groups in total. The van der Waals surface area contributed by atoms with E-state index in [1.54, 1.807) is 0 Å². The molecule has 0 saturated heterocycles. The van der Waals surface area contributed by atoms with E-state index < -0.39 is 0 Å². The Hall–Kier alpha value is -2.03. The van der Waals surface area contributed by atoms with E-state index >= 15 is 0 Å². The third-order valence-corrected chi connectivity index (χ3v) is 3.99. The first-order chi connectivity index (χ1) is 10.2. The number of Topliss-reactive ketones (excluding diaryl/α,β-unsaturated/α-hetero) is 1. The fourth-order valence-corrected chi connectivity index (χ4v) is 3.12. The van der Waals surface area contributed by atoms with E-state index in [1.807, 2.05) is 44.2 Å². The molecule has 0 unspecified atom stereocenters. The van der Waals surface area contributed by atoms with E-state index in [-0.39, 0.29) is 11.3 Å². The van der Waals surface area contributed by atoms with Crippen LogP contribution in [-0.2, 0) is 5.54 Å². The molecule has 3 nitrogen and oxygen atoms in total. The third kappa shape index (κ3) is 3.24. The van der Waals surface area contributed by atoms with Crippen LogP contribution in [0.4, 0.5) is 5.69 Å². The van der Waals surface area contributed by atoms with Crippen molar-refractivity contribution < 1.29 is 4.79 Å². The summed E-state index contributed by atoms with van der Waals surface area (Å²) in [7, 11) is 0. The number of rotatable bonds is 4. The SMILES string of the molecule is Cc1ccccc1NCC(=O)c1cc(C)n(C(C)(C)C)c1C. The van der Waals surface area contributed by atoms with Crippen LogP contribution in [0.5, 0.6) is 0 Å². The Kier molecular flexibility index (Phi) is 4.45. The molecule has 118 valence electrons. The van der Waals surface area contributed by atoms with Gasteiger partial charge in [-0.15, -0.1) is 0 Å². The molecule has 3 heteroatoms. The van der Waals surface area contributed by atoms with Gasteiger partial charge in [-0.1, -0.05) is 18.2 Å². The molecule has 0 aliphatic carbocycles. The highest BCUT2D eigenvalue weighted by atomic mass is 16.1. The average molecular weight is 298 g/mol. The monoisotopic (exact) mass is 298 g/mol. The summed E-state index contributed by atoms with van der Waals surface area (Å²) in [6.07, 6.45) is 0. The van der Waals surface area contributed by atoms with Gasteiger partial charge in [0.1, 0.15) is 0 Å². The number of hydrogen-bond donors (Lipinski definition) is 1. The topological polar surface area (TPSA) is 34.0 Å². The molecule has 22 heavy (non-hydrogen) atoms. The average Bonchev–Trinajstić information content (AvgIpc) is 2.72. The Balaban J connectivity index is 2.19. The van der Waals surface area contributed by atoms with Crippen molar-refractivity contribution in [2.24, 2.45) is 0 Å². The number of benzene rings is 1. The maximum absolute atomic E-state index is 12.6. The van der Waals surface area contributed by atoms with Crippen LogP contribution in [0.2, 0.25) is 0 Å². The number of carbonyl (C=O) groups excluding carboxylic acids is 1. The smallest absolute Gasteiger partial charge is 0.183 e. The molecule has 0 saturated carbocycles. The van der Waals surface area contributed by atoms with Crippen molar-refractivity contribution in [2.45, 2.75) is 47.1 Å². The highest BCUT2D eigenvalue weighted by Gasteiger charge is 2.22. The van der Waals surface area contributed by atoms with Gasteiger partial charge in [0.25, 0.3) is 0 Å². The van der Waals surface area contributed by atoms with Crippen molar-refractivity contribution in [1.82, 2.24) is 4.57 Å². The van der Waals surface area contributed by atoms with Crippen LogP contribution in [0.3, 0.4) is 0 Å². The van der Waals surface area contributed by atoms with Gasteiger partial charge in [-0.3, -0.25) is 4.79 Å². The Morgan fingerprint density at radius 1 is 1.14 bits per heavy atom. The molecule has 1 heterocycles. The fraction of sp³-hybridized carbons (Fsp3) is 0.421. The van der Waals surface area contributed by atoms with Gasteiger partial charge in [-0.05, 0) is 59.2 Å². The number of nitrogens with one attached hydrogen (secondary N) is 1. The van der Waals surface area contributed by atoms with Gasteiger partial charge < -0.3 is 9.88 Å². The van der Waals surface area contributed by atoms with Crippen LogP contribution >= 0.6 is 0 Å². The summed E-state index contributed by atoms with van der Waals surface area (Å²) in [5, 5.41) is 3.25. The number of para-hydroxylation sites is 1. The minimum absolute atomic E-state index is 0.0177. The van der Waals surface area contributed by atoms with Gasteiger partial charge >= 0.3 is 0 Å². The van der Waals surface area contributed by atoms with Crippen LogP contribution in [-0.4, -0.2) is 16.9 Å². The number of anilines is 1. The predicted octanol–water partition coefficient (Wildman–Crippen LogP) is 4.46. The van der Waals surface area contributed by atoms with Crippen LogP contribution in [0.15, 0.2) is 30.3 Å². The Morgan fingerprint density at radius 2 is 1.77 bits per heavy atom. The summed E-state index contributed by atoms with van der Waals surface area (Å²) in [6, 6.07) is 10.0. The number of nitrogens with zero attached hydrogens (tertiary/aromatic N) is 1. The van der Waals surface area contributed by atoms with E-state index in [4.69, 9.17) is 0 Å². The lowest BCUT2D eigenvalue weighted by Gasteiger charge is -2.25. The van der Waals surface area contributed by atoms with Gasteiger partial charge in [0.2, 0.25) is 0 Å². The minimum atomic E-state index is -0.0177. The second-order valence-corrected chi connectivity index (χ2v) is 6.88. The van der Waals surface area contributed by atoms with E-state index in [2.05, 4.69) is 37.6 Å². The number of aromatic nitrogens is 1. The molecule has 0 radical (unpaired) electrons. The first-order valence-electron chi connectivity index (χ1n) is 7.74. The highest BCUT2D eigenvalue weighted by molar-refractivity contribution is 6.00. The standard InChI is InChI=1S/C19H26N2O/c1-13-9-7-8-10-17(13)20-12-18(22)16-11-14(2)21(15(16)3)19(4,5)6/h7-11,20H,12H2,1-6H3. The van der Waals surface area contributed by atoms with E-state index in [9.17, 15) is 4.79 Å². The molecule has 0 aliphatic heterocycles. The largest absolute Gasteiger partial charge is 0.377 e. The summed E-state index contributed by atoms with van der Waals surface area (Å²) < 4.78 is 2.23. The van der Waals surface area contributed by atoms with E-state index in [0.717, 1.165) is 28.2 Å². The first kappa shape index (κ1) is 16.3. The number of hydrogen-bond acceptors (Lipinski definition) is 2. The van der Waals surface area contributed by atoms with Gasteiger partial charge in [-0.25, -0.2) is 0 Å². The molecule has 2 aromatic rings. The maximum Gasteiger partial charge on any atom is 0.183 e. The molecule has 0 aliphatic rings. The van der Waals surface area contributed by atoms with Crippen LogP contribution in [0.25, 0.3) is 0 Å². The minimum Gasteiger partial charge on any atom is -0.377 e. The van der Waals surface area contributed by atoms with Gasteiger partial charge in [0.15, 0.2) is 5.78 Å². The summed E-state index contributed by atoms with van der Waals surface area (Å²) in [5.41, 5.74) is 5.13. The zero-order chi connectivity index (χ0) is 16.5. The molecular formula is C19H26N2O. The second-order valence-electron chi connectivity index (χ2n) is 6.88. The summed E-state index contributed by atoms with van der Waals surface area (Å²) in [4.78, 5) is 12.6. The Morgan fingerprint density at radius 3 is 2.32 bits per heavy atom. The molecular weight excluding hydrogens is 272 g/mol. The predicted molar refractivity (Wildman–Crippen MR) is 92.9 cm³/mol. The first-order valence-corrected chi connectivity index (χ1v) is 7.74. The number of ketones is 1. The zero-order valence-electron chi connectivity index (χ0n) is 14.4. The normalized spacial score (nSPS) is 11.5. The maximum atomic E-state index is 12.6. The summed E-state index contributed by atoms with van der Waals surface area (Å²) in [5.74, 6) is 0.131. The second kappa shape index (κ2) is 5.99. The number of aryl methyl sites for hydroxylation is 2. The fourth-order valence-electron chi connectivity index (χ4n) is 3.12. The van der Waals surface area contributed by atoms with Gasteiger partial charge in [-0.2, -0.15) is 0 Å². The molecule has 0 amide bonds. The van der Waals surface area contributed by atoms with Gasteiger partial charge in [0.05, 0.1) is 6.54 Å². The molecule has 2 rings (SSSR count). The molecule has 0 spiro atoms. The lowest BCUT2D eigenvalue weighted by molar-refractivity contribution is 0.101. The van der Waals surface area contributed by atoms with Crippen molar-refractivity contribution in [2.75, 3.05) is 11.9 Å². The molecule has 0 atom stereocenters. The lowest BCUT2D eigenvalue weighted by atomic mass is 10.1. The van der Waals surface area contributed by atoms with Crippen molar-refractivity contribution in [3.8, 4) is 0 Å². The summed E-state index contributed by atoms with van der Waals surface area (Å²) >= 11 is 0. The quantitative estimate of drug-likeness (QED) is 0.845. The zero-order valence-corrected chi connectivity index (χ0v) is 14.4. The van der Waals surface area contributed by atoms with E-state index in [1.165, 1.54) is 0 Å². The molecule has 0 fully saturated rings. The number of carbonyl (C=O) groups is 1. The molecule has 1 aromatic carbocycles.